The lowest BCUT2D eigenvalue weighted by Gasteiger charge is -2.11. The third-order valence-corrected chi connectivity index (χ3v) is 5.65. The van der Waals surface area contributed by atoms with Gasteiger partial charge in [-0.25, -0.2) is 5.48 Å². The number of hydrogen-bond donors (Lipinski definition) is 3. The Morgan fingerprint density at radius 2 is 1.82 bits per heavy atom. The van der Waals surface area contributed by atoms with Crippen molar-refractivity contribution in [1.29, 1.82) is 0 Å². The number of aromatic nitrogens is 2. The molecule has 0 unspecified atom stereocenters. The molecular formula is C25H24N4O5. The van der Waals surface area contributed by atoms with Gasteiger partial charge in [-0.15, -0.1) is 0 Å². The quantitative estimate of drug-likeness (QED) is 0.273. The van der Waals surface area contributed by atoms with Crippen molar-refractivity contribution in [3.8, 4) is 22.6 Å². The van der Waals surface area contributed by atoms with Crippen LogP contribution in [0.25, 0.3) is 22.0 Å². The van der Waals surface area contributed by atoms with Crippen LogP contribution in [-0.4, -0.2) is 40.3 Å². The summed E-state index contributed by atoms with van der Waals surface area (Å²) in [5.41, 5.74) is 10.9. The van der Waals surface area contributed by atoms with Crippen LogP contribution >= 0.6 is 0 Å². The minimum absolute atomic E-state index is 0.0676. The number of hydrogen-bond acceptors (Lipinski definition) is 6. The van der Waals surface area contributed by atoms with Crippen molar-refractivity contribution in [3.05, 3.63) is 77.7 Å². The van der Waals surface area contributed by atoms with E-state index in [2.05, 4.69) is 4.98 Å². The van der Waals surface area contributed by atoms with Gasteiger partial charge in [0, 0.05) is 28.4 Å². The summed E-state index contributed by atoms with van der Waals surface area (Å²) < 4.78 is 13.1. The average Bonchev–Trinajstić information content (AvgIpc) is 3.15. The first-order valence-electron chi connectivity index (χ1n) is 10.5. The summed E-state index contributed by atoms with van der Waals surface area (Å²) in [6.45, 7) is 2.73. The Kier molecular flexibility index (Phi) is 6.46. The first-order chi connectivity index (χ1) is 16.4. The Balaban J connectivity index is 1.69. The second kappa shape index (κ2) is 9.63. The number of fused-ring (bicyclic) bond motifs is 1. The molecular weight excluding hydrogens is 436 g/mol. The molecule has 0 spiro atoms. The molecule has 34 heavy (non-hydrogen) atoms. The fraction of sp³-hybridized carbons (Fsp3) is 0.160. The number of carbonyl (C=O) groups is 2. The number of primary amides is 1. The van der Waals surface area contributed by atoms with E-state index in [0.29, 0.717) is 35.4 Å². The lowest BCUT2D eigenvalue weighted by molar-refractivity contribution is 0.0700. The first-order valence-corrected chi connectivity index (χ1v) is 10.5. The molecule has 0 atom stereocenters. The number of nitrogens with two attached hydrogens (primary N) is 1. The highest BCUT2D eigenvalue weighted by Gasteiger charge is 2.21. The van der Waals surface area contributed by atoms with Crippen LogP contribution in [0.5, 0.6) is 11.5 Å². The average molecular weight is 460 g/mol. The third kappa shape index (κ3) is 4.28. The molecule has 4 N–H and O–H groups in total. The fourth-order valence-electron chi connectivity index (χ4n) is 4.03. The zero-order valence-corrected chi connectivity index (χ0v) is 18.7. The normalized spacial score (nSPS) is 10.8. The summed E-state index contributed by atoms with van der Waals surface area (Å²) in [6.07, 6.45) is 1.52. The minimum atomic E-state index is -0.707. The topological polar surface area (TPSA) is 129 Å². The third-order valence-electron chi connectivity index (χ3n) is 5.65. The van der Waals surface area contributed by atoms with Gasteiger partial charge < -0.3 is 19.8 Å². The summed E-state index contributed by atoms with van der Waals surface area (Å²) >= 11 is 0. The van der Waals surface area contributed by atoms with E-state index in [-0.39, 0.29) is 5.69 Å². The number of nitrogens with zero attached hydrogens (tertiary/aromatic N) is 2. The van der Waals surface area contributed by atoms with Crippen molar-refractivity contribution in [2.75, 3.05) is 13.7 Å². The van der Waals surface area contributed by atoms with Crippen LogP contribution in [0.1, 0.15) is 26.5 Å². The Morgan fingerprint density at radius 1 is 1.09 bits per heavy atom. The number of amides is 2. The van der Waals surface area contributed by atoms with Gasteiger partial charge in [-0.05, 0) is 48.9 Å². The predicted molar refractivity (Wildman–Crippen MR) is 126 cm³/mol. The highest BCUT2D eigenvalue weighted by Crippen LogP contribution is 2.34. The second-order valence-corrected chi connectivity index (χ2v) is 7.57. The van der Waals surface area contributed by atoms with Gasteiger partial charge in [0.05, 0.1) is 19.2 Å². The Bertz CT molecular complexity index is 1340. The van der Waals surface area contributed by atoms with Gasteiger partial charge in [-0.2, -0.15) is 0 Å². The maximum Gasteiger partial charge on any atom is 0.293 e. The molecule has 0 radical (unpaired) electrons. The number of methoxy groups -OCH3 is 1. The number of ether oxygens (including phenoxy) is 2. The zero-order chi connectivity index (χ0) is 24.2. The van der Waals surface area contributed by atoms with Crippen LogP contribution < -0.4 is 20.7 Å². The van der Waals surface area contributed by atoms with E-state index in [1.165, 1.54) is 12.3 Å². The van der Waals surface area contributed by atoms with Gasteiger partial charge >= 0.3 is 0 Å². The number of rotatable bonds is 8. The molecule has 0 bridgehead atoms. The first kappa shape index (κ1) is 22.8. The van der Waals surface area contributed by atoms with Crippen LogP contribution in [0.15, 0.2) is 60.8 Å². The molecule has 0 fully saturated rings. The van der Waals surface area contributed by atoms with Gasteiger partial charge in [0.2, 0.25) is 0 Å². The van der Waals surface area contributed by atoms with E-state index in [0.717, 1.165) is 22.5 Å². The largest absolute Gasteiger partial charge is 0.497 e. The molecule has 0 aliphatic carbocycles. The molecule has 2 aromatic heterocycles. The minimum Gasteiger partial charge on any atom is -0.497 e. The summed E-state index contributed by atoms with van der Waals surface area (Å²) in [6, 6.07) is 16.2. The SMILES string of the molecule is COc1ccc(OCCn2c(C)c(C(N)=O)c3c(-c4ccc(C(=O)NO)nc4)cccc32)cc1. The highest BCUT2D eigenvalue weighted by molar-refractivity contribution is 6.13. The molecule has 0 aliphatic heterocycles. The summed E-state index contributed by atoms with van der Waals surface area (Å²) in [5, 5.41) is 9.51. The Morgan fingerprint density at radius 3 is 2.44 bits per heavy atom. The molecule has 0 saturated carbocycles. The molecule has 4 rings (SSSR count). The number of nitrogens with one attached hydrogen (secondary N) is 1. The van der Waals surface area contributed by atoms with Gasteiger partial charge in [0.1, 0.15) is 23.8 Å². The van der Waals surface area contributed by atoms with Crippen molar-refractivity contribution >= 4 is 22.7 Å². The van der Waals surface area contributed by atoms with Gasteiger partial charge in [0.15, 0.2) is 0 Å². The van der Waals surface area contributed by atoms with Gasteiger partial charge in [-0.1, -0.05) is 18.2 Å². The fourth-order valence-corrected chi connectivity index (χ4v) is 4.03. The van der Waals surface area contributed by atoms with Crippen molar-refractivity contribution in [2.24, 2.45) is 5.73 Å². The van der Waals surface area contributed by atoms with Crippen molar-refractivity contribution in [2.45, 2.75) is 13.5 Å². The van der Waals surface area contributed by atoms with E-state index < -0.39 is 11.8 Å². The van der Waals surface area contributed by atoms with E-state index >= 15 is 0 Å². The molecule has 2 amide bonds. The number of carbonyl (C=O) groups excluding carboxylic acids is 2. The van der Waals surface area contributed by atoms with Crippen LogP contribution in [0, 0.1) is 6.92 Å². The van der Waals surface area contributed by atoms with Crippen LogP contribution in [-0.2, 0) is 6.54 Å². The molecule has 9 nitrogen and oxygen atoms in total. The molecule has 9 heteroatoms. The standard InChI is InChI=1S/C25H24N4O5/c1-15-22(24(26)30)23-19(16-6-11-20(27-14-16)25(31)28-32)4-3-5-21(23)29(15)12-13-34-18-9-7-17(33-2)8-10-18/h3-11,14,32H,12-13H2,1-2H3,(H2,26,30)(H,28,31). The van der Waals surface area contributed by atoms with Crippen molar-refractivity contribution < 1.29 is 24.3 Å². The molecule has 0 saturated heterocycles. The van der Waals surface area contributed by atoms with E-state index in [1.807, 2.05) is 54.0 Å². The molecule has 2 aromatic carbocycles. The number of pyridine rings is 1. The lowest BCUT2D eigenvalue weighted by Crippen LogP contribution is -2.19. The van der Waals surface area contributed by atoms with Gasteiger partial charge in [0.25, 0.3) is 11.8 Å². The van der Waals surface area contributed by atoms with Crippen molar-refractivity contribution in [1.82, 2.24) is 15.0 Å². The molecule has 4 aromatic rings. The van der Waals surface area contributed by atoms with Gasteiger partial charge in [-0.3, -0.25) is 19.8 Å². The van der Waals surface area contributed by atoms with E-state index in [9.17, 15) is 9.59 Å². The monoisotopic (exact) mass is 460 g/mol. The smallest absolute Gasteiger partial charge is 0.293 e. The maximum absolute atomic E-state index is 12.4. The van der Waals surface area contributed by atoms with Crippen molar-refractivity contribution in [3.63, 3.8) is 0 Å². The predicted octanol–water partition coefficient (Wildman–Crippen LogP) is 3.32. The highest BCUT2D eigenvalue weighted by atomic mass is 16.5. The van der Waals surface area contributed by atoms with Crippen LogP contribution in [0.4, 0.5) is 0 Å². The summed E-state index contributed by atoms with van der Waals surface area (Å²) in [4.78, 5) is 28.1. The van der Waals surface area contributed by atoms with Crippen LogP contribution in [0.2, 0.25) is 0 Å². The second-order valence-electron chi connectivity index (χ2n) is 7.57. The molecule has 0 aliphatic rings. The van der Waals surface area contributed by atoms with Crippen LogP contribution in [0.3, 0.4) is 0 Å². The summed E-state index contributed by atoms with van der Waals surface area (Å²) in [7, 11) is 1.61. The van der Waals surface area contributed by atoms with E-state index in [4.69, 9.17) is 20.4 Å². The Hall–Kier alpha value is -4.37. The molecule has 174 valence electrons. The lowest BCUT2D eigenvalue weighted by atomic mass is 9.99. The van der Waals surface area contributed by atoms with E-state index in [1.54, 1.807) is 18.7 Å². The summed E-state index contributed by atoms with van der Waals surface area (Å²) in [5.74, 6) is 0.219. The Labute approximate surface area is 195 Å². The molecule has 2 heterocycles. The number of hydroxylamine groups is 1. The maximum atomic E-state index is 12.4. The number of benzene rings is 2. The zero-order valence-electron chi connectivity index (χ0n) is 18.7.